The van der Waals surface area contributed by atoms with Crippen LogP contribution in [0.5, 0.6) is 0 Å². The molecule has 1 aliphatic rings. The van der Waals surface area contributed by atoms with Crippen molar-refractivity contribution < 1.29 is 9.53 Å². The molecule has 122 valence electrons. The van der Waals surface area contributed by atoms with E-state index in [1.807, 2.05) is 23.8 Å². The monoisotopic (exact) mass is 350 g/mol. The molecule has 1 amide bonds. The summed E-state index contributed by atoms with van der Waals surface area (Å²) in [5, 5.41) is 8.88. The second-order valence-corrected chi connectivity index (χ2v) is 6.94. The number of hydrogen-bond donors (Lipinski definition) is 1. The number of hydrazone groups is 1. The van der Waals surface area contributed by atoms with Gasteiger partial charge in [-0.25, -0.2) is 10.4 Å². The van der Waals surface area contributed by atoms with Crippen molar-refractivity contribution in [3.63, 3.8) is 0 Å². The van der Waals surface area contributed by atoms with E-state index in [2.05, 4.69) is 20.4 Å². The van der Waals surface area contributed by atoms with Gasteiger partial charge in [-0.15, -0.1) is 22.7 Å². The van der Waals surface area contributed by atoms with Gasteiger partial charge in [0.05, 0.1) is 31.5 Å². The first-order valence-electron chi connectivity index (χ1n) is 7.35. The number of hydrogen-bond acceptors (Lipinski definition) is 7. The molecule has 2 aromatic heterocycles. The summed E-state index contributed by atoms with van der Waals surface area (Å²) in [6.07, 6.45) is 1.92. The highest BCUT2D eigenvalue weighted by molar-refractivity contribution is 7.13. The highest BCUT2D eigenvalue weighted by Crippen LogP contribution is 2.21. The Hall–Kier alpha value is -1.77. The normalized spacial score (nSPS) is 15.3. The van der Waals surface area contributed by atoms with E-state index in [1.54, 1.807) is 28.9 Å². The zero-order chi connectivity index (χ0) is 16.1. The number of carbonyl (C=O) groups is 1. The van der Waals surface area contributed by atoms with Gasteiger partial charge in [-0.05, 0) is 23.9 Å². The van der Waals surface area contributed by atoms with E-state index in [-0.39, 0.29) is 12.3 Å². The Labute approximate surface area is 142 Å². The second kappa shape index (κ2) is 7.67. The fourth-order valence-corrected chi connectivity index (χ4v) is 3.83. The predicted molar refractivity (Wildman–Crippen MR) is 93.6 cm³/mol. The Morgan fingerprint density at radius 2 is 2.30 bits per heavy atom. The van der Waals surface area contributed by atoms with Gasteiger partial charge in [-0.2, -0.15) is 5.10 Å². The highest BCUT2D eigenvalue weighted by atomic mass is 32.1. The first kappa shape index (κ1) is 16.1. The maximum absolute atomic E-state index is 11.9. The van der Waals surface area contributed by atoms with Crippen molar-refractivity contribution in [3.8, 4) is 0 Å². The number of carbonyl (C=O) groups excluding carboxylic acids is 1. The van der Waals surface area contributed by atoms with E-state index in [9.17, 15) is 4.79 Å². The fraction of sp³-hybridized carbons (Fsp3) is 0.400. The van der Waals surface area contributed by atoms with Gasteiger partial charge in [0.15, 0.2) is 5.13 Å². The number of nitrogens with zero attached hydrogens (tertiary/aromatic N) is 3. The molecule has 23 heavy (non-hydrogen) atoms. The number of aromatic nitrogens is 1. The first-order valence-corrected chi connectivity index (χ1v) is 9.11. The lowest BCUT2D eigenvalue weighted by Crippen LogP contribution is -2.36. The largest absolute Gasteiger partial charge is 0.378 e. The van der Waals surface area contributed by atoms with Gasteiger partial charge in [0, 0.05) is 23.3 Å². The molecule has 3 heterocycles. The van der Waals surface area contributed by atoms with E-state index < -0.39 is 0 Å². The number of thiazole rings is 1. The van der Waals surface area contributed by atoms with Crippen molar-refractivity contribution >= 4 is 39.9 Å². The molecule has 0 atom stereocenters. The van der Waals surface area contributed by atoms with Crippen LogP contribution in [0.3, 0.4) is 0 Å². The Kier molecular flexibility index (Phi) is 5.37. The van der Waals surface area contributed by atoms with Crippen LogP contribution in [0.4, 0.5) is 5.13 Å². The maximum Gasteiger partial charge on any atom is 0.246 e. The molecule has 0 spiro atoms. The van der Waals surface area contributed by atoms with Gasteiger partial charge in [-0.3, -0.25) is 4.79 Å². The van der Waals surface area contributed by atoms with Crippen LogP contribution < -0.4 is 10.3 Å². The van der Waals surface area contributed by atoms with E-state index in [0.29, 0.717) is 0 Å². The van der Waals surface area contributed by atoms with Crippen molar-refractivity contribution in [3.05, 3.63) is 33.0 Å². The number of rotatable bonds is 5. The first-order chi connectivity index (χ1) is 11.2. The molecular weight excluding hydrogens is 332 g/mol. The third kappa shape index (κ3) is 4.37. The minimum absolute atomic E-state index is 0.158. The minimum atomic E-state index is -0.158. The second-order valence-electron chi connectivity index (χ2n) is 5.16. The lowest BCUT2D eigenvalue weighted by atomic mass is 10.3. The van der Waals surface area contributed by atoms with E-state index >= 15 is 0 Å². The smallest absolute Gasteiger partial charge is 0.246 e. The quantitative estimate of drug-likeness (QED) is 0.662. The topological polar surface area (TPSA) is 66.8 Å². The summed E-state index contributed by atoms with van der Waals surface area (Å²) in [5.74, 6) is -0.158. The van der Waals surface area contributed by atoms with E-state index in [1.165, 1.54) is 0 Å². The number of amides is 1. The molecule has 0 aromatic carbocycles. The molecular formula is C15H18N4O2S2. The van der Waals surface area contributed by atoms with Crippen LogP contribution in [-0.2, 0) is 16.0 Å². The lowest BCUT2D eigenvalue weighted by Gasteiger charge is -2.26. The number of thiophene rings is 1. The number of morpholine rings is 1. The van der Waals surface area contributed by atoms with Gasteiger partial charge in [0.1, 0.15) is 0 Å². The van der Waals surface area contributed by atoms with Crippen molar-refractivity contribution in [1.82, 2.24) is 10.4 Å². The molecule has 2 aromatic rings. The Morgan fingerprint density at radius 3 is 3.04 bits per heavy atom. The Balaban J connectivity index is 1.51. The van der Waals surface area contributed by atoms with Crippen molar-refractivity contribution in [2.45, 2.75) is 13.3 Å². The van der Waals surface area contributed by atoms with Gasteiger partial charge in [-0.1, -0.05) is 0 Å². The van der Waals surface area contributed by atoms with E-state index in [4.69, 9.17) is 4.74 Å². The fourth-order valence-electron chi connectivity index (χ4n) is 2.16. The molecule has 8 heteroatoms. The average Bonchev–Trinajstić information content (AvgIpc) is 3.18. The van der Waals surface area contributed by atoms with Crippen LogP contribution in [0, 0.1) is 6.92 Å². The highest BCUT2D eigenvalue weighted by Gasteiger charge is 2.15. The molecule has 0 saturated carbocycles. The van der Waals surface area contributed by atoms with Crippen LogP contribution in [0.1, 0.15) is 16.1 Å². The predicted octanol–water partition coefficient (Wildman–Crippen LogP) is 2.04. The van der Waals surface area contributed by atoms with Gasteiger partial charge < -0.3 is 9.64 Å². The van der Waals surface area contributed by atoms with Crippen LogP contribution in [0.15, 0.2) is 21.9 Å². The number of nitrogens with one attached hydrogen (secondary N) is 1. The number of anilines is 1. The van der Waals surface area contributed by atoms with Crippen LogP contribution >= 0.6 is 22.7 Å². The molecule has 0 aliphatic carbocycles. The summed E-state index contributed by atoms with van der Waals surface area (Å²) in [7, 11) is 0. The van der Waals surface area contributed by atoms with Gasteiger partial charge >= 0.3 is 0 Å². The number of ether oxygens (including phenoxy) is 1. The summed E-state index contributed by atoms with van der Waals surface area (Å²) in [5.41, 5.74) is 4.48. The summed E-state index contributed by atoms with van der Waals surface area (Å²) < 4.78 is 5.33. The third-order valence-corrected chi connectivity index (χ3v) is 5.34. The zero-order valence-electron chi connectivity index (χ0n) is 12.8. The molecule has 6 nitrogen and oxygen atoms in total. The number of aryl methyl sites for hydroxylation is 1. The van der Waals surface area contributed by atoms with E-state index in [0.717, 1.165) is 47.6 Å². The van der Waals surface area contributed by atoms with Crippen LogP contribution in [0.25, 0.3) is 0 Å². The minimum Gasteiger partial charge on any atom is -0.378 e. The molecule has 0 radical (unpaired) electrons. The summed E-state index contributed by atoms with van der Waals surface area (Å²) >= 11 is 3.16. The lowest BCUT2D eigenvalue weighted by molar-refractivity contribution is -0.120. The van der Waals surface area contributed by atoms with Gasteiger partial charge in [0.25, 0.3) is 0 Å². The zero-order valence-corrected chi connectivity index (χ0v) is 14.5. The Bertz CT molecular complexity index is 689. The third-order valence-electron chi connectivity index (χ3n) is 3.44. The SMILES string of the molecule is Cc1ccsc1/C=N\NC(=O)Cc1csc(N2CCOCC2)n1. The van der Waals surface area contributed by atoms with Crippen molar-refractivity contribution in [1.29, 1.82) is 0 Å². The molecule has 0 unspecified atom stereocenters. The molecule has 3 rings (SSSR count). The van der Waals surface area contributed by atoms with Crippen LogP contribution in [0.2, 0.25) is 0 Å². The summed E-state index contributed by atoms with van der Waals surface area (Å²) in [6.45, 7) is 5.17. The Morgan fingerprint density at radius 1 is 1.48 bits per heavy atom. The van der Waals surface area contributed by atoms with Crippen molar-refractivity contribution in [2.24, 2.45) is 5.10 Å². The molecule has 1 N–H and O–H groups in total. The van der Waals surface area contributed by atoms with Crippen LogP contribution in [-0.4, -0.2) is 43.4 Å². The molecule has 1 aliphatic heterocycles. The van der Waals surface area contributed by atoms with Crippen molar-refractivity contribution in [2.75, 3.05) is 31.2 Å². The summed E-state index contributed by atoms with van der Waals surface area (Å²) in [6, 6.07) is 2.02. The summed E-state index contributed by atoms with van der Waals surface area (Å²) in [4.78, 5) is 19.7. The average molecular weight is 350 g/mol. The molecule has 1 saturated heterocycles. The maximum atomic E-state index is 11.9. The molecule has 0 bridgehead atoms. The molecule has 1 fully saturated rings. The standard InChI is InChI=1S/C15H18N4O2S2/c1-11-2-7-22-13(11)9-16-18-14(20)8-12-10-23-15(17-12)19-3-5-21-6-4-19/h2,7,9-10H,3-6,8H2,1H3,(H,18,20)/b16-9-. The van der Waals surface area contributed by atoms with Gasteiger partial charge in [0.2, 0.25) is 5.91 Å².